The minimum atomic E-state index is -0.515. The molecule has 0 fully saturated rings. The molecule has 6 nitrogen and oxygen atoms in total. The third-order valence-electron chi connectivity index (χ3n) is 5.66. The van der Waals surface area contributed by atoms with Crippen LogP contribution in [0.1, 0.15) is 33.0 Å². The molecule has 0 spiro atoms. The topological polar surface area (TPSA) is 94.3 Å². The zero-order valence-corrected chi connectivity index (χ0v) is 19.2. The second-order valence-corrected chi connectivity index (χ2v) is 8.37. The van der Waals surface area contributed by atoms with Gasteiger partial charge < -0.3 is 15.8 Å². The lowest BCUT2D eigenvalue weighted by molar-refractivity contribution is -0.117. The Morgan fingerprint density at radius 3 is 2.38 bits per heavy atom. The number of ketones is 1. The smallest absolute Gasteiger partial charge is 0.233 e. The van der Waals surface area contributed by atoms with E-state index in [9.17, 15) is 9.59 Å². The van der Waals surface area contributed by atoms with Crippen LogP contribution in [0.15, 0.2) is 79.1 Å². The van der Waals surface area contributed by atoms with Gasteiger partial charge in [0.1, 0.15) is 5.75 Å². The molecule has 6 heteroatoms. The second kappa shape index (κ2) is 10.3. The highest BCUT2D eigenvalue weighted by atomic mass is 16.5. The molecule has 34 heavy (non-hydrogen) atoms. The highest BCUT2D eigenvalue weighted by Crippen LogP contribution is 2.23. The largest absolute Gasteiger partial charge is 0.485 e. The van der Waals surface area contributed by atoms with E-state index in [-0.39, 0.29) is 24.8 Å². The van der Waals surface area contributed by atoms with Crippen LogP contribution in [0.2, 0.25) is 0 Å². The normalized spacial score (nSPS) is 11.7. The Labute approximate surface area is 198 Å². The molecule has 3 N–H and O–H groups in total. The lowest BCUT2D eigenvalue weighted by Crippen LogP contribution is -2.27. The van der Waals surface area contributed by atoms with Gasteiger partial charge in [-0.1, -0.05) is 35.4 Å². The average Bonchev–Trinajstić information content (AvgIpc) is 2.83. The molecule has 0 aliphatic carbocycles. The maximum atomic E-state index is 12.9. The van der Waals surface area contributed by atoms with Crippen LogP contribution in [0.25, 0.3) is 10.8 Å². The van der Waals surface area contributed by atoms with Crippen molar-refractivity contribution in [1.82, 2.24) is 4.98 Å². The van der Waals surface area contributed by atoms with Crippen LogP contribution in [0, 0.1) is 13.8 Å². The Bertz CT molecular complexity index is 1310. The number of hydrogen-bond donors (Lipinski definition) is 2. The van der Waals surface area contributed by atoms with E-state index in [1.165, 1.54) is 0 Å². The van der Waals surface area contributed by atoms with E-state index >= 15 is 0 Å². The number of nitrogens with one attached hydrogen (secondary N) is 1. The summed E-state index contributed by atoms with van der Waals surface area (Å²) >= 11 is 0. The number of benzene rings is 3. The maximum Gasteiger partial charge on any atom is 0.233 e. The van der Waals surface area contributed by atoms with Gasteiger partial charge in [0, 0.05) is 35.6 Å². The van der Waals surface area contributed by atoms with Gasteiger partial charge in [-0.2, -0.15) is 0 Å². The van der Waals surface area contributed by atoms with E-state index in [1.54, 1.807) is 36.7 Å². The quantitative estimate of drug-likeness (QED) is 0.374. The first kappa shape index (κ1) is 23.1. The van der Waals surface area contributed by atoms with Gasteiger partial charge in [0.25, 0.3) is 0 Å². The molecule has 0 saturated heterocycles. The summed E-state index contributed by atoms with van der Waals surface area (Å²) in [5, 5.41) is 4.95. The van der Waals surface area contributed by atoms with Crippen LogP contribution >= 0.6 is 0 Å². The van der Waals surface area contributed by atoms with E-state index < -0.39 is 5.92 Å². The van der Waals surface area contributed by atoms with Gasteiger partial charge in [0.05, 0.1) is 5.92 Å². The van der Waals surface area contributed by atoms with Gasteiger partial charge in [-0.25, -0.2) is 0 Å². The molecular weight excluding hydrogens is 426 g/mol. The molecule has 4 aromatic rings. The molecule has 0 saturated carbocycles. The summed E-state index contributed by atoms with van der Waals surface area (Å²) in [6.45, 7) is 4.03. The number of hydrogen-bond acceptors (Lipinski definition) is 5. The van der Waals surface area contributed by atoms with Gasteiger partial charge in [-0.3, -0.25) is 14.6 Å². The number of aryl methyl sites for hydroxylation is 2. The molecule has 1 unspecified atom stereocenters. The van der Waals surface area contributed by atoms with Crippen LogP contribution in [-0.4, -0.2) is 29.8 Å². The molecule has 0 radical (unpaired) electrons. The third-order valence-corrected chi connectivity index (χ3v) is 5.66. The summed E-state index contributed by atoms with van der Waals surface area (Å²) < 4.78 is 5.68. The van der Waals surface area contributed by atoms with Crippen LogP contribution in [0.5, 0.6) is 5.75 Å². The fourth-order valence-electron chi connectivity index (χ4n) is 3.95. The Morgan fingerprint density at radius 1 is 0.941 bits per heavy atom. The Balaban J connectivity index is 1.39. The first-order valence-corrected chi connectivity index (χ1v) is 11.1. The van der Waals surface area contributed by atoms with E-state index in [1.807, 2.05) is 56.3 Å². The van der Waals surface area contributed by atoms with Crippen molar-refractivity contribution < 1.29 is 14.3 Å². The zero-order chi connectivity index (χ0) is 24.1. The summed E-state index contributed by atoms with van der Waals surface area (Å²) in [4.78, 5) is 29.5. The second-order valence-electron chi connectivity index (χ2n) is 8.37. The summed E-state index contributed by atoms with van der Waals surface area (Å²) in [5.74, 6) is -0.226. The number of carbonyl (C=O) groups excluding carboxylic acids is 2. The molecule has 172 valence electrons. The summed E-state index contributed by atoms with van der Waals surface area (Å²) in [6.07, 6.45) is 3.50. The minimum absolute atomic E-state index is 0.0550. The van der Waals surface area contributed by atoms with Gasteiger partial charge >= 0.3 is 0 Å². The standard InChI is InChI=1S/C28H27N3O3/c1-18-11-19(2)13-23(12-18)27(32)17-34-25-7-4-20(5-8-25)26(15-29)28(33)31-24-6-3-22-16-30-10-9-21(22)14-24/h3-14,16,26H,15,17,29H2,1-2H3,(H,31,33). The number of nitrogens with zero attached hydrogens (tertiary/aromatic N) is 1. The predicted octanol–water partition coefficient (Wildman–Crippen LogP) is 4.79. The Kier molecular flexibility index (Phi) is 6.99. The van der Waals surface area contributed by atoms with Crippen molar-refractivity contribution >= 4 is 28.2 Å². The Hall–Kier alpha value is -4.03. The van der Waals surface area contributed by atoms with Crippen molar-refractivity contribution in [3.05, 3.63) is 101 Å². The van der Waals surface area contributed by atoms with Crippen LogP contribution in [0.4, 0.5) is 5.69 Å². The van der Waals surface area contributed by atoms with Crippen molar-refractivity contribution in [2.75, 3.05) is 18.5 Å². The van der Waals surface area contributed by atoms with E-state index in [2.05, 4.69) is 10.3 Å². The zero-order valence-electron chi connectivity index (χ0n) is 19.2. The van der Waals surface area contributed by atoms with E-state index in [4.69, 9.17) is 10.5 Å². The lowest BCUT2D eigenvalue weighted by atomic mass is 9.98. The molecule has 1 aromatic heterocycles. The molecule has 1 heterocycles. The molecule has 3 aromatic carbocycles. The van der Waals surface area contributed by atoms with Crippen LogP contribution in [-0.2, 0) is 4.79 Å². The molecule has 4 rings (SSSR count). The number of anilines is 1. The van der Waals surface area contributed by atoms with Gasteiger partial charge in [-0.15, -0.1) is 0 Å². The number of pyridine rings is 1. The molecule has 1 amide bonds. The van der Waals surface area contributed by atoms with Gasteiger partial charge in [0.15, 0.2) is 12.4 Å². The maximum absolute atomic E-state index is 12.9. The van der Waals surface area contributed by atoms with Gasteiger partial charge in [-0.05, 0) is 67.3 Å². The van der Waals surface area contributed by atoms with Crippen molar-refractivity contribution in [2.24, 2.45) is 5.73 Å². The number of aromatic nitrogens is 1. The monoisotopic (exact) mass is 453 g/mol. The number of rotatable bonds is 8. The summed E-state index contributed by atoms with van der Waals surface area (Å²) in [5.41, 5.74) is 10.1. The number of carbonyl (C=O) groups is 2. The van der Waals surface area contributed by atoms with Crippen LogP contribution < -0.4 is 15.8 Å². The van der Waals surface area contributed by atoms with Crippen molar-refractivity contribution in [3.63, 3.8) is 0 Å². The third kappa shape index (κ3) is 5.47. The molecule has 0 bridgehead atoms. The van der Waals surface area contributed by atoms with Crippen molar-refractivity contribution in [2.45, 2.75) is 19.8 Å². The van der Waals surface area contributed by atoms with Crippen molar-refractivity contribution in [1.29, 1.82) is 0 Å². The predicted molar refractivity (Wildman–Crippen MR) is 134 cm³/mol. The lowest BCUT2D eigenvalue weighted by Gasteiger charge is -2.16. The number of fused-ring (bicyclic) bond motifs is 1. The van der Waals surface area contributed by atoms with E-state index in [0.717, 1.165) is 27.5 Å². The molecular formula is C28H27N3O3. The fourth-order valence-corrected chi connectivity index (χ4v) is 3.95. The summed E-state index contributed by atoms with van der Waals surface area (Å²) in [7, 11) is 0. The van der Waals surface area contributed by atoms with Gasteiger partial charge in [0.2, 0.25) is 5.91 Å². The molecule has 0 aliphatic rings. The Morgan fingerprint density at radius 2 is 1.68 bits per heavy atom. The highest BCUT2D eigenvalue weighted by molar-refractivity contribution is 5.98. The fraction of sp³-hybridized carbons (Fsp3) is 0.179. The van der Waals surface area contributed by atoms with Crippen LogP contribution in [0.3, 0.4) is 0 Å². The number of amides is 1. The SMILES string of the molecule is Cc1cc(C)cc(C(=O)COc2ccc(C(CN)C(=O)Nc3ccc4cnccc4c3)cc2)c1. The molecule has 1 atom stereocenters. The first-order chi connectivity index (χ1) is 16.4. The summed E-state index contributed by atoms with van der Waals surface area (Å²) in [6, 6.07) is 20.4. The first-order valence-electron chi connectivity index (χ1n) is 11.1. The highest BCUT2D eigenvalue weighted by Gasteiger charge is 2.19. The van der Waals surface area contributed by atoms with Crippen molar-refractivity contribution in [3.8, 4) is 5.75 Å². The van der Waals surface area contributed by atoms with E-state index in [0.29, 0.717) is 17.0 Å². The minimum Gasteiger partial charge on any atom is -0.485 e. The average molecular weight is 454 g/mol. The number of ether oxygens (including phenoxy) is 1. The molecule has 0 aliphatic heterocycles. The number of Topliss-reactive ketones (excluding diaryl/α,β-unsaturated/α-hetero) is 1. The number of nitrogens with two attached hydrogens (primary N) is 1.